The summed E-state index contributed by atoms with van der Waals surface area (Å²) in [6.07, 6.45) is 3.84. The van der Waals surface area contributed by atoms with Crippen LogP contribution in [0.1, 0.15) is 17.8 Å². The van der Waals surface area contributed by atoms with Crippen molar-refractivity contribution in [2.24, 2.45) is 4.99 Å². The van der Waals surface area contributed by atoms with Gasteiger partial charge in [0, 0.05) is 39.8 Å². The van der Waals surface area contributed by atoms with E-state index in [1.165, 1.54) is 5.56 Å². The van der Waals surface area contributed by atoms with Gasteiger partial charge in [-0.25, -0.2) is 0 Å². The smallest absolute Gasteiger partial charge is 0.193 e. The van der Waals surface area contributed by atoms with E-state index < -0.39 is 0 Å². The third kappa shape index (κ3) is 4.35. The molecule has 0 bridgehead atoms. The minimum absolute atomic E-state index is 0.829. The van der Waals surface area contributed by atoms with Gasteiger partial charge in [0.15, 0.2) is 11.6 Å². The van der Waals surface area contributed by atoms with Gasteiger partial charge in [-0.1, -0.05) is 36.4 Å². The zero-order valence-corrected chi connectivity index (χ0v) is 14.8. The Bertz CT molecular complexity index is 824. The fourth-order valence-corrected chi connectivity index (χ4v) is 2.82. The zero-order chi connectivity index (χ0) is 17.5. The predicted octanol–water partition coefficient (Wildman–Crippen LogP) is 2.37. The van der Waals surface area contributed by atoms with E-state index in [1.807, 2.05) is 49.0 Å². The number of rotatable bonds is 6. The monoisotopic (exact) mass is 336 g/mol. The van der Waals surface area contributed by atoms with Crippen molar-refractivity contribution in [3.63, 3.8) is 0 Å². The topological polar surface area (TPSA) is 57.8 Å². The summed E-state index contributed by atoms with van der Waals surface area (Å²) < 4.78 is 2.04. The Morgan fingerprint density at radius 2 is 1.92 bits per heavy atom. The summed E-state index contributed by atoms with van der Waals surface area (Å²) in [6.45, 7) is 1.67. The predicted molar refractivity (Wildman–Crippen MR) is 101 cm³/mol. The van der Waals surface area contributed by atoms with Crippen LogP contribution in [-0.2, 0) is 13.0 Å². The molecule has 3 rings (SSSR count). The molecule has 0 aliphatic heterocycles. The van der Waals surface area contributed by atoms with Crippen LogP contribution in [0.15, 0.2) is 59.7 Å². The van der Waals surface area contributed by atoms with Crippen LogP contribution in [0.4, 0.5) is 0 Å². The van der Waals surface area contributed by atoms with E-state index in [4.69, 9.17) is 0 Å². The summed E-state index contributed by atoms with van der Waals surface area (Å²) in [5.41, 5.74) is 2.16. The summed E-state index contributed by atoms with van der Waals surface area (Å²) in [5, 5.41) is 11.9. The van der Waals surface area contributed by atoms with Crippen LogP contribution in [0.25, 0.3) is 5.65 Å². The fraction of sp³-hybridized carbons (Fsp3) is 0.316. The first-order valence-corrected chi connectivity index (χ1v) is 8.52. The Morgan fingerprint density at radius 3 is 2.72 bits per heavy atom. The van der Waals surface area contributed by atoms with Crippen molar-refractivity contribution < 1.29 is 0 Å². The van der Waals surface area contributed by atoms with Gasteiger partial charge < -0.3 is 10.2 Å². The number of pyridine rings is 1. The third-order valence-corrected chi connectivity index (χ3v) is 4.08. The van der Waals surface area contributed by atoms with Crippen molar-refractivity contribution in [2.45, 2.75) is 19.4 Å². The number of hydrogen-bond acceptors (Lipinski definition) is 3. The van der Waals surface area contributed by atoms with Crippen LogP contribution in [-0.4, -0.2) is 46.1 Å². The molecule has 1 aromatic carbocycles. The molecule has 0 spiro atoms. The van der Waals surface area contributed by atoms with E-state index in [2.05, 4.69) is 49.7 Å². The highest BCUT2D eigenvalue weighted by atomic mass is 15.3. The van der Waals surface area contributed by atoms with Crippen molar-refractivity contribution in [1.29, 1.82) is 0 Å². The van der Waals surface area contributed by atoms with E-state index in [9.17, 15) is 0 Å². The van der Waals surface area contributed by atoms with E-state index in [0.717, 1.165) is 43.4 Å². The molecule has 130 valence electrons. The third-order valence-electron chi connectivity index (χ3n) is 4.08. The molecular formula is C19H24N6. The Kier molecular flexibility index (Phi) is 5.61. The number of aliphatic imine (C=N–C) groups is 1. The molecule has 0 fully saturated rings. The lowest BCUT2D eigenvalue weighted by atomic mass is 10.2. The normalized spacial score (nSPS) is 11.7. The fourth-order valence-electron chi connectivity index (χ4n) is 2.82. The largest absolute Gasteiger partial charge is 0.356 e. The van der Waals surface area contributed by atoms with Crippen molar-refractivity contribution in [1.82, 2.24) is 24.8 Å². The molecule has 0 unspecified atom stereocenters. The number of fused-ring (bicyclic) bond motifs is 1. The molecule has 3 aromatic rings. The summed E-state index contributed by atoms with van der Waals surface area (Å²) in [7, 11) is 3.87. The lowest BCUT2D eigenvalue weighted by molar-refractivity contribution is 0.475. The molecule has 0 saturated heterocycles. The van der Waals surface area contributed by atoms with Crippen LogP contribution in [0, 0.1) is 0 Å². The molecule has 0 aliphatic rings. The van der Waals surface area contributed by atoms with Crippen LogP contribution >= 0.6 is 0 Å². The molecule has 0 amide bonds. The molecule has 2 aromatic heterocycles. The van der Waals surface area contributed by atoms with Gasteiger partial charge in [-0.05, 0) is 24.1 Å². The molecule has 0 aliphatic carbocycles. The van der Waals surface area contributed by atoms with Crippen molar-refractivity contribution in [2.75, 3.05) is 20.6 Å². The van der Waals surface area contributed by atoms with Crippen molar-refractivity contribution >= 4 is 11.6 Å². The average Bonchev–Trinajstić information content (AvgIpc) is 3.06. The van der Waals surface area contributed by atoms with E-state index >= 15 is 0 Å². The maximum absolute atomic E-state index is 4.37. The molecule has 0 saturated carbocycles. The highest BCUT2D eigenvalue weighted by Gasteiger charge is 2.07. The summed E-state index contributed by atoms with van der Waals surface area (Å²) in [4.78, 5) is 6.49. The quantitative estimate of drug-likeness (QED) is 0.426. The Balaban J connectivity index is 1.48. The second-order valence-electron chi connectivity index (χ2n) is 5.96. The first-order chi connectivity index (χ1) is 12.3. The van der Waals surface area contributed by atoms with E-state index in [-0.39, 0.29) is 0 Å². The minimum atomic E-state index is 0.829. The lowest BCUT2D eigenvalue weighted by Gasteiger charge is -2.22. The first-order valence-electron chi connectivity index (χ1n) is 8.52. The number of nitrogens with zero attached hydrogens (tertiary/aromatic N) is 5. The summed E-state index contributed by atoms with van der Waals surface area (Å²) in [5.74, 6) is 1.89. The molecule has 1 N–H and O–H groups in total. The van der Waals surface area contributed by atoms with Crippen molar-refractivity contribution in [3.05, 3.63) is 66.1 Å². The molecular weight excluding hydrogens is 312 g/mol. The highest BCUT2D eigenvalue weighted by Crippen LogP contribution is 2.05. The van der Waals surface area contributed by atoms with Gasteiger partial charge in [-0.3, -0.25) is 9.39 Å². The summed E-state index contributed by atoms with van der Waals surface area (Å²) in [6, 6.07) is 16.3. The number of aryl methyl sites for hydroxylation is 1. The zero-order valence-electron chi connectivity index (χ0n) is 14.8. The number of guanidine groups is 1. The lowest BCUT2D eigenvalue weighted by Crippen LogP contribution is -2.39. The average molecular weight is 336 g/mol. The number of hydrogen-bond donors (Lipinski definition) is 1. The number of nitrogens with one attached hydrogen (secondary N) is 1. The maximum Gasteiger partial charge on any atom is 0.193 e. The van der Waals surface area contributed by atoms with Gasteiger partial charge in [0.2, 0.25) is 0 Å². The molecule has 6 nitrogen and oxygen atoms in total. The standard InChI is InChI=1S/C19H24N6/c1-20-19(24(2)15-16-9-4-3-5-10-16)21-13-8-12-18-23-22-17-11-6-7-14-25(17)18/h3-7,9-11,14H,8,12-13,15H2,1-2H3,(H,20,21). The van der Waals surface area contributed by atoms with Gasteiger partial charge in [0.1, 0.15) is 5.82 Å². The molecule has 25 heavy (non-hydrogen) atoms. The molecule has 0 atom stereocenters. The minimum Gasteiger partial charge on any atom is -0.356 e. The second-order valence-corrected chi connectivity index (χ2v) is 5.96. The number of aromatic nitrogens is 3. The van der Waals surface area contributed by atoms with Crippen LogP contribution in [0.5, 0.6) is 0 Å². The Hall–Kier alpha value is -2.89. The van der Waals surface area contributed by atoms with Gasteiger partial charge in [-0.2, -0.15) is 0 Å². The van der Waals surface area contributed by atoms with E-state index in [0.29, 0.717) is 0 Å². The summed E-state index contributed by atoms with van der Waals surface area (Å²) >= 11 is 0. The highest BCUT2D eigenvalue weighted by molar-refractivity contribution is 5.79. The van der Waals surface area contributed by atoms with Gasteiger partial charge in [0.25, 0.3) is 0 Å². The maximum atomic E-state index is 4.37. The van der Waals surface area contributed by atoms with E-state index in [1.54, 1.807) is 0 Å². The molecule has 2 heterocycles. The van der Waals surface area contributed by atoms with Gasteiger partial charge in [0.05, 0.1) is 0 Å². The SMILES string of the molecule is CN=C(NCCCc1nnc2ccccn12)N(C)Cc1ccccc1. The molecule has 0 radical (unpaired) electrons. The first kappa shape index (κ1) is 17.0. The Morgan fingerprint density at radius 1 is 1.12 bits per heavy atom. The van der Waals surface area contributed by atoms with Crippen LogP contribution in [0.2, 0.25) is 0 Å². The van der Waals surface area contributed by atoms with Gasteiger partial charge >= 0.3 is 0 Å². The van der Waals surface area contributed by atoms with Crippen LogP contribution in [0.3, 0.4) is 0 Å². The number of benzene rings is 1. The van der Waals surface area contributed by atoms with Crippen molar-refractivity contribution in [3.8, 4) is 0 Å². The Labute approximate surface area is 148 Å². The van der Waals surface area contributed by atoms with Crippen LogP contribution < -0.4 is 5.32 Å². The molecule has 6 heteroatoms. The van der Waals surface area contributed by atoms with Gasteiger partial charge in [-0.15, -0.1) is 10.2 Å². The second kappa shape index (κ2) is 8.28.